The molecule has 18 heavy (non-hydrogen) atoms. The van der Waals surface area contributed by atoms with Gasteiger partial charge in [-0.15, -0.1) is 0 Å². The molecule has 106 valence electrons. The van der Waals surface area contributed by atoms with Crippen LogP contribution in [0.3, 0.4) is 0 Å². The van der Waals surface area contributed by atoms with E-state index in [4.69, 9.17) is 0 Å². The van der Waals surface area contributed by atoms with Crippen LogP contribution in [-0.2, 0) is 4.79 Å². The summed E-state index contributed by atoms with van der Waals surface area (Å²) in [5.74, 6) is 0.239. The van der Waals surface area contributed by atoms with E-state index in [9.17, 15) is 4.79 Å². The summed E-state index contributed by atoms with van der Waals surface area (Å²) in [6, 6.07) is 0.638. The van der Waals surface area contributed by atoms with Gasteiger partial charge in [0.25, 0.3) is 0 Å². The Bertz CT molecular complexity index is 213. The fourth-order valence-corrected chi connectivity index (χ4v) is 2.54. The first-order chi connectivity index (χ1) is 8.83. The minimum absolute atomic E-state index is 0.239. The molecule has 0 spiro atoms. The van der Waals surface area contributed by atoms with Crippen LogP contribution in [0.15, 0.2) is 0 Å². The molecule has 1 unspecified atom stereocenters. The lowest BCUT2D eigenvalue weighted by molar-refractivity contribution is -0.121. The zero-order valence-electron chi connectivity index (χ0n) is 12.0. The van der Waals surface area contributed by atoms with Gasteiger partial charge in [0, 0.05) is 19.0 Å². The van der Waals surface area contributed by atoms with Gasteiger partial charge in [0.2, 0.25) is 5.91 Å². The first kappa shape index (κ1) is 15.5. The molecule has 0 bridgehead atoms. The third-order valence-corrected chi connectivity index (χ3v) is 3.73. The van der Waals surface area contributed by atoms with Crippen LogP contribution in [0.25, 0.3) is 0 Å². The van der Waals surface area contributed by atoms with Crippen molar-refractivity contribution < 1.29 is 4.79 Å². The van der Waals surface area contributed by atoms with Gasteiger partial charge < -0.3 is 10.6 Å². The summed E-state index contributed by atoms with van der Waals surface area (Å²) in [6.07, 6.45) is 11.8. The second-order valence-corrected chi connectivity index (χ2v) is 5.45. The molecule has 0 aromatic rings. The molecule has 3 heteroatoms. The summed E-state index contributed by atoms with van der Waals surface area (Å²) < 4.78 is 0. The van der Waals surface area contributed by atoms with Gasteiger partial charge in [-0.1, -0.05) is 39.0 Å². The fraction of sp³-hybridized carbons (Fsp3) is 0.933. The second-order valence-electron chi connectivity index (χ2n) is 5.45. The van der Waals surface area contributed by atoms with Crippen molar-refractivity contribution in [1.82, 2.24) is 10.6 Å². The summed E-state index contributed by atoms with van der Waals surface area (Å²) in [7, 11) is 0. The van der Waals surface area contributed by atoms with Gasteiger partial charge in [-0.2, -0.15) is 0 Å². The Labute approximate surface area is 112 Å². The lowest BCUT2D eigenvalue weighted by Crippen LogP contribution is -2.30. The number of nitrogens with one attached hydrogen (secondary N) is 2. The maximum Gasteiger partial charge on any atom is 0.219 e. The van der Waals surface area contributed by atoms with Crippen molar-refractivity contribution in [3.8, 4) is 0 Å². The molecule has 1 aliphatic heterocycles. The van der Waals surface area contributed by atoms with Gasteiger partial charge in [0.05, 0.1) is 0 Å². The lowest BCUT2D eigenvalue weighted by Gasteiger charge is -2.10. The predicted octanol–water partition coefficient (Wildman–Crippen LogP) is 3.00. The van der Waals surface area contributed by atoms with Gasteiger partial charge in [0.15, 0.2) is 0 Å². The SMILES string of the molecule is CCCCCCCCC(=O)NCCC1CCCN1. The number of hydrogen-bond donors (Lipinski definition) is 2. The largest absolute Gasteiger partial charge is 0.356 e. The van der Waals surface area contributed by atoms with Crippen LogP contribution in [0.4, 0.5) is 0 Å². The van der Waals surface area contributed by atoms with Crippen molar-refractivity contribution in [2.24, 2.45) is 0 Å². The Morgan fingerprint density at radius 1 is 1.22 bits per heavy atom. The zero-order valence-corrected chi connectivity index (χ0v) is 12.0. The average molecular weight is 254 g/mol. The molecule has 1 heterocycles. The highest BCUT2D eigenvalue weighted by molar-refractivity contribution is 5.75. The molecule has 1 aliphatic rings. The Morgan fingerprint density at radius 2 is 2.00 bits per heavy atom. The maximum atomic E-state index is 11.6. The molecule has 0 saturated carbocycles. The van der Waals surface area contributed by atoms with E-state index < -0.39 is 0 Å². The molecule has 1 atom stereocenters. The topological polar surface area (TPSA) is 41.1 Å². The fourth-order valence-electron chi connectivity index (χ4n) is 2.54. The van der Waals surface area contributed by atoms with E-state index in [1.54, 1.807) is 0 Å². The summed E-state index contributed by atoms with van der Waals surface area (Å²) in [5, 5.41) is 6.48. The van der Waals surface area contributed by atoms with Crippen LogP contribution in [0.1, 0.15) is 71.1 Å². The smallest absolute Gasteiger partial charge is 0.219 e. The average Bonchev–Trinajstić information content (AvgIpc) is 2.87. The highest BCUT2D eigenvalue weighted by atomic mass is 16.1. The standard InChI is InChI=1S/C15H30N2O/c1-2-3-4-5-6-7-10-15(18)17-13-11-14-9-8-12-16-14/h14,16H,2-13H2,1H3,(H,17,18). The molecule has 2 N–H and O–H groups in total. The monoisotopic (exact) mass is 254 g/mol. The van der Waals surface area contributed by atoms with Crippen LogP contribution in [0, 0.1) is 0 Å². The molecular weight excluding hydrogens is 224 g/mol. The van der Waals surface area contributed by atoms with E-state index >= 15 is 0 Å². The van der Waals surface area contributed by atoms with E-state index in [2.05, 4.69) is 17.6 Å². The van der Waals surface area contributed by atoms with Crippen molar-refractivity contribution in [2.45, 2.75) is 77.2 Å². The zero-order chi connectivity index (χ0) is 13.1. The molecule has 0 aromatic heterocycles. The van der Waals surface area contributed by atoms with E-state index in [1.807, 2.05) is 0 Å². The van der Waals surface area contributed by atoms with Gasteiger partial charge in [0.1, 0.15) is 0 Å². The molecule has 0 aliphatic carbocycles. The van der Waals surface area contributed by atoms with Crippen LogP contribution >= 0.6 is 0 Å². The summed E-state index contributed by atoms with van der Waals surface area (Å²) in [4.78, 5) is 11.6. The Hall–Kier alpha value is -0.570. The summed E-state index contributed by atoms with van der Waals surface area (Å²) in [5.41, 5.74) is 0. The van der Waals surface area contributed by atoms with Crippen LogP contribution < -0.4 is 10.6 Å². The van der Waals surface area contributed by atoms with E-state index in [1.165, 1.54) is 44.9 Å². The van der Waals surface area contributed by atoms with Crippen LogP contribution in [0.2, 0.25) is 0 Å². The first-order valence-corrected chi connectivity index (χ1v) is 7.83. The highest BCUT2D eigenvalue weighted by Crippen LogP contribution is 2.08. The molecule has 0 radical (unpaired) electrons. The number of carbonyl (C=O) groups is 1. The predicted molar refractivity (Wildman–Crippen MR) is 76.6 cm³/mol. The Kier molecular flexibility index (Phi) is 8.92. The van der Waals surface area contributed by atoms with Crippen molar-refractivity contribution in [3.05, 3.63) is 0 Å². The maximum absolute atomic E-state index is 11.6. The quantitative estimate of drug-likeness (QED) is 0.588. The summed E-state index contributed by atoms with van der Waals surface area (Å²) in [6.45, 7) is 4.22. The molecule has 1 rings (SSSR count). The van der Waals surface area contributed by atoms with Crippen molar-refractivity contribution >= 4 is 5.91 Å². The molecule has 0 aromatic carbocycles. The van der Waals surface area contributed by atoms with Crippen LogP contribution in [0.5, 0.6) is 0 Å². The second kappa shape index (κ2) is 10.4. The molecule has 1 saturated heterocycles. The van der Waals surface area contributed by atoms with E-state index in [0.29, 0.717) is 12.5 Å². The third kappa shape index (κ3) is 7.70. The molecular formula is C15H30N2O. The Morgan fingerprint density at radius 3 is 2.72 bits per heavy atom. The molecule has 1 amide bonds. The van der Waals surface area contributed by atoms with Crippen molar-refractivity contribution in [2.75, 3.05) is 13.1 Å². The number of hydrogen-bond acceptors (Lipinski definition) is 2. The van der Waals surface area contributed by atoms with E-state index in [-0.39, 0.29) is 5.91 Å². The number of unbranched alkanes of at least 4 members (excludes halogenated alkanes) is 5. The van der Waals surface area contributed by atoms with E-state index in [0.717, 1.165) is 25.9 Å². The van der Waals surface area contributed by atoms with Gasteiger partial charge in [-0.25, -0.2) is 0 Å². The first-order valence-electron chi connectivity index (χ1n) is 7.83. The van der Waals surface area contributed by atoms with Crippen molar-refractivity contribution in [3.63, 3.8) is 0 Å². The minimum Gasteiger partial charge on any atom is -0.356 e. The number of carbonyl (C=O) groups excluding carboxylic acids is 1. The summed E-state index contributed by atoms with van der Waals surface area (Å²) >= 11 is 0. The Balaban J connectivity index is 1.84. The number of rotatable bonds is 10. The highest BCUT2D eigenvalue weighted by Gasteiger charge is 2.13. The lowest BCUT2D eigenvalue weighted by atomic mass is 10.1. The van der Waals surface area contributed by atoms with Crippen LogP contribution in [-0.4, -0.2) is 25.0 Å². The molecule has 1 fully saturated rings. The normalized spacial score (nSPS) is 19.1. The van der Waals surface area contributed by atoms with Gasteiger partial charge in [-0.05, 0) is 32.2 Å². The number of amides is 1. The molecule has 3 nitrogen and oxygen atoms in total. The van der Waals surface area contributed by atoms with Gasteiger partial charge >= 0.3 is 0 Å². The minimum atomic E-state index is 0.239. The van der Waals surface area contributed by atoms with Crippen molar-refractivity contribution in [1.29, 1.82) is 0 Å². The van der Waals surface area contributed by atoms with Gasteiger partial charge in [-0.3, -0.25) is 4.79 Å². The third-order valence-electron chi connectivity index (χ3n) is 3.73.